The normalized spacial score (nSPS) is 12.7. The maximum absolute atomic E-state index is 6.18. The number of benzene rings is 2. The molecule has 1 unspecified atom stereocenters. The fourth-order valence-corrected chi connectivity index (χ4v) is 2.78. The van der Waals surface area contributed by atoms with E-state index in [2.05, 4.69) is 43.4 Å². The molecule has 21 heavy (non-hydrogen) atoms. The second-order valence-corrected chi connectivity index (χ2v) is 5.58. The minimum atomic E-state index is 0.322. The molecule has 0 saturated carbocycles. The van der Waals surface area contributed by atoms with Crippen LogP contribution in [-0.2, 0) is 0 Å². The van der Waals surface area contributed by atoms with E-state index in [1.807, 2.05) is 24.3 Å². The van der Waals surface area contributed by atoms with Gasteiger partial charge in [-0.2, -0.15) is 0 Å². The van der Waals surface area contributed by atoms with Crippen molar-refractivity contribution in [3.63, 3.8) is 0 Å². The zero-order valence-electron chi connectivity index (χ0n) is 12.2. The number of rotatable bonds is 4. The van der Waals surface area contributed by atoms with Gasteiger partial charge in [0.15, 0.2) is 5.58 Å². The average Bonchev–Trinajstić information content (AvgIpc) is 2.93. The Morgan fingerprint density at radius 1 is 1.14 bits per heavy atom. The summed E-state index contributed by atoms with van der Waals surface area (Å²) >= 11 is 6.18. The Balaban J connectivity index is 2.02. The van der Waals surface area contributed by atoms with E-state index in [1.165, 1.54) is 5.56 Å². The van der Waals surface area contributed by atoms with Gasteiger partial charge < -0.3 is 9.73 Å². The predicted molar refractivity (Wildman–Crippen MR) is 88.8 cm³/mol. The summed E-state index contributed by atoms with van der Waals surface area (Å²) in [6, 6.07) is 16.6. The second kappa shape index (κ2) is 5.92. The fraction of sp³-hybridized carbons (Fsp3) is 0.222. The van der Waals surface area contributed by atoms with Crippen LogP contribution in [0.4, 0.5) is 0 Å². The van der Waals surface area contributed by atoms with E-state index in [4.69, 9.17) is 16.0 Å². The molecule has 1 N–H and O–H groups in total. The third kappa shape index (κ3) is 2.82. The topological polar surface area (TPSA) is 25.2 Å². The molecule has 0 saturated heterocycles. The van der Waals surface area contributed by atoms with Crippen molar-refractivity contribution in [1.29, 1.82) is 0 Å². The van der Waals surface area contributed by atoms with Gasteiger partial charge >= 0.3 is 0 Å². The number of hydrogen-bond donors (Lipinski definition) is 1. The van der Waals surface area contributed by atoms with Crippen molar-refractivity contribution < 1.29 is 4.42 Å². The molecule has 1 atom stereocenters. The molecule has 0 spiro atoms. The van der Waals surface area contributed by atoms with Crippen LogP contribution in [-0.4, -0.2) is 6.54 Å². The molecular weight excluding hydrogens is 282 g/mol. The summed E-state index contributed by atoms with van der Waals surface area (Å²) < 4.78 is 5.93. The van der Waals surface area contributed by atoms with Crippen LogP contribution in [0, 0.1) is 0 Å². The van der Waals surface area contributed by atoms with Gasteiger partial charge in [0.1, 0.15) is 5.76 Å². The van der Waals surface area contributed by atoms with Crippen molar-refractivity contribution in [3.05, 3.63) is 59.1 Å². The van der Waals surface area contributed by atoms with Gasteiger partial charge in [-0.1, -0.05) is 48.9 Å². The molecule has 0 amide bonds. The number of furan rings is 1. The fourth-order valence-electron chi connectivity index (χ4n) is 2.56. The van der Waals surface area contributed by atoms with Crippen LogP contribution < -0.4 is 5.32 Å². The highest BCUT2D eigenvalue weighted by molar-refractivity contribution is 6.34. The Labute approximate surface area is 129 Å². The Kier molecular flexibility index (Phi) is 4.00. The summed E-state index contributed by atoms with van der Waals surface area (Å²) in [6.45, 7) is 5.23. The van der Waals surface area contributed by atoms with E-state index in [9.17, 15) is 0 Å². The average molecular weight is 300 g/mol. The van der Waals surface area contributed by atoms with Crippen molar-refractivity contribution >= 4 is 22.6 Å². The van der Waals surface area contributed by atoms with E-state index in [0.29, 0.717) is 11.1 Å². The predicted octanol–water partition coefficient (Wildman–Crippen LogP) is 5.42. The Bertz CT molecular complexity index is 763. The van der Waals surface area contributed by atoms with Gasteiger partial charge in [0.2, 0.25) is 0 Å². The molecule has 2 nitrogen and oxygen atoms in total. The zero-order chi connectivity index (χ0) is 14.8. The first-order chi connectivity index (χ1) is 10.2. The highest BCUT2D eigenvalue weighted by Crippen LogP contribution is 2.32. The summed E-state index contributed by atoms with van der Waals surface area (Å²) in [5.74, 6) is 0.851. The molecule has 0 radical (unpaired) electrons. The Morgan fingerprint density at radius 3 is 2.71 bits per heavy atom. The van der Waals surface area contributed by atoms with Gasteiger partial charge in [-0.25, -0.2) is 0 Å². The van der Waals surface area contributed by atoms with Crippen molar-refractivity contribution in [2.24, 2.45) is 0 Å². The molecule has 3 rings (SSSR count). The largest absolute Gasteiger partial charge is 0.455 e. The first-order valence-electron chi connectivity index (χ1n) is 7.21. The van der Waals surface area contributed by atoms with Gasteiger partial charge in [0.05, 0.1) is 5.02 Å². The van der Waals surface area contributed by atoms with Crippen LogP contribution in [0.25, 0.3) is 22.3 Å². The summed E-state index contributed by atoms with van der Waals surface area (Å²) in [4.78, 5) is 0. The third-order valence-corrected chi connectivity index (χ3v) is 3.98. The molecule has 1 heterocycles. The van der Waals surface area contributed by atoms with E-state index in [1.54, 1.807) is 0 Å². The summed E-state index contributed by atoms with van der Waals surface area (Å²) in [5, 5.41) is 5.10. The molecule has 2 aromatic carbocycles. The lowest BCUT2D eigenvalue weighted by Crippen LogP contribution is -2.17. The first kappa shape index (κ1) is 14.2. The van der Waals surface area contributed by atoms with Crippen LogP contribution in [0.15, 0.2) is 52.9 Å². The van der Waals surface area contributed by atoms with Gasteiger partial charge in [-0.15, -0.1) is 0 Å². The molecule has 0 fully saturated rings. The van der Waals surface area contributed by atoms with Gasteiger partial charge in [-0.3, -0.25) is 0 Å². The standard InChI is InChI=1S/C18H18ClNO/c1-3-20-12(2)13-6-4-7-14(10-13)17-11-15-8-5-9-16(19)18(15)21-17/h4-12,20H,3H2,1-2H3. The lowest BCUT2D eigenvalue weighted by molar-refractivity contribution is 0.597. The minimum Gasteiger partial charge on any atom is -0.455 e. The first-order valence-corrected chi connectivity index (χ1v) is 7.58. The van der Waals surface area contributed by atoms with Crippen LogP contribution in [0.5, 0.6) is 0 Å². The number of para-hydroxylation sites is 1. The highest BCUT2D eigenvalue weighted by atomic mass is 35.5. The van der Waals surface area contributed by atoms with Gasteiger partial charge in [0, 0.05) is 17.0 Å². The number of nitrogens with one attached hydrogen (secondary N) is 1. The number of halogens is 1. The minimum absolute atomic E-state index is 0.322. The molecular formula is C18H18ClNO. The lowest BCUT2D eigenvalue weighted by atomic mass is 10.0. The third-order valence-electron chi connectivity index (χ3n) is 3.68. The number of fused-ring (bicyclic) bond motifs is 1. The van der Waals surface area contributed by atoms with Crippen molar-refractivity contribution in [2.45, 2.75) is 19.9 Å². The summed E-state index contributed by atoms with van der Waals surface area (Å²) in [6.07, 6.45) is 0. The van der Waals surface area contributed by atoms with E-state index >= 15 is 0 Å². The van der Waals surface area contributed by atoms with Crippen molar-refractivity contribution in [1.82, 2.24) is 5.32 Å². The Hall–Kier alpha value is -1.77. The summed E-state index contributed by atoms with van der Waals surface area (Å²) in [5.41, 5.74) is 3.07. The summed E-state index contributed by atoms with van der Waals surface area (Å²) in [7, 11) is 0. The highest BCUT2D eigenvalue weighted by Gasteiger charge is 2.10. The Morgan fingerprint density at radius 2 is 1.95 bits per heavy atom. The van der Waals surface area contributed by atoms with Crippen LogP contribution in [0.1, 0.15) is 25.5 Å². The van der Waals surface area contributed by atoms with Crippen LogP contribution in [0.3, 0.4) is 0 Å². The maximum Gasteiger partial charge on any atom is 0.153 e. The quantitative estimate of drug-likeness (QED) is 0.695. The van der Waals surface area contributed by atoms with Crippen molar-refractivity contribution in [2.75, 3.05) is 6.54 Å². The van der Waals surface area contributed by atoms with E-state index in [-0.39, 0.29) is 0 Å². The van der Waals surface area contributed by atoms with Crippen molar-refractivity contribution in [3.8, 4) is 11.3 Å². The SMILES string of the molecule is CCNC(C)c1cccc(-c2cc3cccc(Cl)c3o2)c1. The molecule has 0 aliphatic heterocycles. The van der Waals surface area contributed by atoms with Gasteiger partial charge in [0.25, 0.3) is 0 Å². The van der Waals surface area contributed by atoms with Crippen LogP contribution >= 0.6 is 11.6 Å². The molecule has 0 aliphatic rings. The molecule has 3 aromatic rings. The lowest BCUT2D eigenvalue weighted by Gasteiger charge is -2.13. The maximum atomic E-state index is 6.18. The smallest absolute Gasteiger partial charge is 0.153 e. The molecule has 0 aliphatic carbocycles. The second-order valence-electron chi connectivity index (χ2n) is 5.17. The molecule has 0 bridgehead atoms. The van der Waals surface area contributed by atoms with Crippen LogP contribution in [0.2, 0.25) is 5.02 Å². The van der Waals surface area contributed by atoms with E-state index in [0.717, 1.165) is 28.8 Å². The number of hydrogen-bond acceptors (Lipinski definition) is 2. The van der Waals surface area contributed by atoms with E-state index < -0.39 is 0 Å². The van der Waals surface area contributed by atoms with Gasteiger partial charge in [-0.05, 0) is 37.2 Å². The molecule has 3 heteroatoms. The zero-order valence-corrected chi connectivity index (χ0v) is 12.9. The monoisotopic (exact) mass is 299 g/mol. The molecule has 1 aromatic heterocycles. The molecule has 108 valence electrons.